The number of hydrogen-bond acceptors (Lipinski definition) is 5. The van der Waals surface area contributed by atoms with Gasteiger partial charge in [0.25, 0.3) is 5.91 Å². The van der Waals surface area contributed by atoms with Crippen molar-refractivity contribution < 1.29 is 9.21 Å². The van der Waals surface area contributed by atoms with Crippen molar-refractivity contribution in [1.82, 2.24) is 24.3 Å². The third kappa shape index (κ3) is 3.53. The van der Waals surface area contributed by atoms with E-state index in [0.29, 0.717) is 28.7 Å². The number of fused-ring (bicyclic) bond motifs is 5. The van der Waals surface area contributed by atoms with Gasteiger partial charge in [0.05, 0.1) is 40.8 Å². The Morgan fingerprint density at radius 2 is 2.03 bits per heavy atom. The standard InChI is InChI=1S/C24H28ClN5O2/c1-3-10-28(11-4-2)14-16-13-26-23(32-16)21-22-19-9-6-12-29(19)24(31)20-17(25)7-5-8-18(20)30(22)15-27-21/h5,7-8,13,15,19H,3-4,6,9-12,14H2,1-2H3/t19-/m0/s1. The molecule has 4 heterocycles. The lowest BCUT2D eigenvalue weighted by atomic mass is 10.1. The van der Waals surface area contributed by atoms with Gasteiger partial charge in [-0.15, -0.1) is 0 Å². The average molecular weight is 454 g/mol. The molecule has 3 aromatic rings. The molecular formula is C24H28ClN5O2. The van der Waals surface area contributed by atoms with E-state index in [0.717, 1.165) is 62.5 Å². The van der Waals surface area contributed by atoms with E-state index in [1.54, 1.807) is 18.6 Å². The Labute approximate surface area is 193 Å². The first kappa shape index (κ1) is 21.2. The lowest BCUT2D eigenvalue weighted by molar-refractivity contribution is 0.0739. The fourth-order valence-electron chi connectivity index (χ4n) is 5.01. The van der Waals surface area contributed by atoms with Crippen LogP contribution in [0.1, 0.15) is 67.4 Å². The number of oxazole rings is 1. The highest BCUT2D eigenvalue weighted by Crippen LogP contribution is 2.43. The fraction of sp³-hybridized carbons (Fsp3) is 0.458. The normalized spacial score (nSPS) is 17.4. The summed E-state index contributed by atoms with van der Waals surface area (Å²) in [5, 5.41) is 0.464. The molecule has 0 saturated carbocycles. The molecule has 0 aliphatic carbocycles. The number of benzene rings is 1. The molecule has 5 rings (SSSR count). The van der Waals surface area contributed by atoms with E-state index < -0.39 is 0 Å². The van der Waals surface area contributed by atoms with E-state index in [-0.39, 0.29) is 11.9 Å². The van der Waals surface area contributed by atoms with E-state index in [4.69, 9.17) is 21.0 Å². The van der Waals surface area contributed by atoms with Gasteiger partial charge in [-0.3, -0.25) is 14.3 Å². The minimum Gasteiger partial charge on any atom is -0.438 e. The van der Waals surface area contributed by atoms with Crippen LogP contribution in [-0.2, 0) is 6.54 Å². The number of rotatable bonds is 7. The molecule has 1 atom stereocenters. The lowest BCUT2D eigenvalue weighted by Gasteiger charge is -2.22. The number of imidazole rings is 1. The third-order valence-corrected chi connectivity index (χ3v) is 6.63. The number of carbonyl (C=O) groups excluding carboxylic acids is 1. The van der Waals surface area contributed by atoms with E-state index in [9.17, 15) is 4.79 Å². The van der Waals surface area contributed by atoms with Crippen molar-refractivity contribution >= 4 is 17.5 Å². The molecule has 0 bridgehead atoms. The maximum Gasteiger partial charge on any atom is 0.258 e. The third-order valence-electron chi connectivity index (χ3n) is 6.31. The SMILES string of the molecule is CCCN(CCC)Cc1cnc(-c2ncn3c2[C@@H]2CCCN2C(=O)c2c(Cl)cccc2-3)o1. The van der Waals surface area contributed by atoms with Crippen molar-refractivity contribution in [2.24, 2.45) is 0 Å². The Bertz CT molecular complexity index is 1130. The van der Waals surface area contributed by atoms with Crippen LogP contribution in [0.5, 0.6) is 0 Å². The zero-order valence-electron chi connectivity index (χ0n) is 18.6. The molecule has 0 unspecified atom stereocenters. The molecule has 2 aliphatic heterocycles. The van der Waals surface area contributed by atoms with Gasteiger partial charge in [-0.05, 0) is 50.9 Å². The summed E-state index contributed by atoms with van der Waals surface area (Å²) in [5.41, 5.74) is 2.94. The molecule has 2 aliphatic rings. The Balaban J connectivity index is 1.56. The van der Waals surface area contributed by atoms with Crippen LogP contribution < -0.4 is 0 Å². The Morgan fingerprint density at radius 3 is 2.81 bits per heavy atom. The summed E-state index contributed by atoms with van der Waals surface area (Å²) in [6.07, 6.45) is 7.59. The zero-order valence-corrected chi connectivity index (χ0v) is 19.3. The first-order valence-electron chi connectivity index (χ1n) is 11.5. The fourth-order valence-corrected chi connectivity index (χ4v) is 5.26. The van der Waals surface area contributed by atoms with E-state index in [2.05, 4.69) is 23.7 Å². The summed E-state index contributed by atoms with van der Waals surface area (Å²) < 4.78 is 8.18. The number of nitrogens with zero attached hydrogens (tertiary/aromatic N) is 5. The topological polar surface area (TPSA) is 67.4 Å². The molecule has 168 valence electrons. The molecule has 8 heteroatoms. The van der Waals surface area contributed by atoms with Crippen molar-refractivity contribution in [2.45, 2.75) is 52.1 Å². The molecule has 0 radical (unpaired) electrons. The second-order valence-corrected chi connectivity index (χ2v) is 8.95. The molecule has 7 nitrogen and oxygen atoms in total. The average Bonchev–Trinajstić information content (AvgIpc) is 3.51. The van der Waals surface area contributed by atoms with Crippen LogP contribution in [0.2, 0.25) is 5.02 Å². The predicted molar refractivity (Wildman–Crippen MR) is 123 cm³/mol. The number of halogens is 1. The zero-order chi connectivity index (χ0) is 22.2. The van der Waals surface area contributed by atoms with Gasteiger partial charge < -0.3 is 9.32 Å². The molecule has 1 aromatic carbocycles. The van der Waals surface area contributed by atoms with Crippen LogP contribution in [0.4, 0.5) is 0 Å². The van der Waals surface area contributed by atoms with Crippen LogP contribution in [-0.4, -0.2) is 49.9 Å². The summed E-state index contributed by atoms with van der Waals surface area (Å²) in [5.74, 6) is 1.32. The summed E-state index contributed by atoms with van der Waals surface area (Å²) in [6.45, 7) is 7.87. The predicted octanol–water partition coefficient (Wildman–Crippen LogP) is 5.09. The van der Waals surface area contributed by atoms with E-state index >= 15 is 0 Å². The van der Waals surface area contributed by atoms with Crippen molar-refractivity contribution in [3.05, 3.63) is 52.8 Å². The van der Waals surface area contributed by atoms with Crippen LogP contribution in [0.15, 0.2) is 35.1 Å². The van der Waals surface area contributed by atoms with Crippen molar-refractivity contribution in [3.63, 3.8) is 0 Å². The molecule has 1 amide bonds. The van der Waals surface area contributed by atoms with Gasteiger partial charge in [0.2, 0.25) is 5.89 Å². The van der Waals surface area contributed by atoms with Gasteiger partial charge in [0.1, 0.15) is 17.8 Å². The van der Waals surface area contributed by atoms with E-state index in [1.165, 1.54) is 0 Å². The summed E-state index contributed by atoms with van der Waals surface area (Å²) in [6, 6.07) is 5.49. The Kier molecular flexibility index (Phi) is 5.78. The highest BCUT2D eigenvalue weighted by atomic mass is 35.5. The van der Waals surface area contributed by atoms with Gasteiger partial charge in [-0.2, -0.15) is 0 Å². The Hall–Kier alpha value is -2.64. The first-order chi connectivity index (χ1) is 15.6. The number of amides is 1. The quantitative estimate of drug-likeness (QED) is 0.498. The lowest BCUT2D eigenvalue weighted by Crippen LogP contribution is -2.29. The highest BCUT2D eigenvalue weighted by molar-refractivity contribution is 6.34. The molecule has 0 N–H and O–H groups in total. The molecular weight excluding hydrogens is 426 g/mol. The molecule has 1 fully saturated rings. The number of carbonyl (C=O) groups is 1. The first-order valence-corrected chi connectivity index (χ1v) is 11.8. The van der Waals surface area contributed by atoms with Gasteiger partial charge >= 0.3 is 0 Å². The summed E-state index contributed by atoms with van der Waals surface area (Å²) >= 11 is 6.48. The molecule has 1 saturated heterocycles. The smallest absolute Gasteiger partial charge is 0.258 e. The van der Waals surface area contributed by atoms with Crippen molar-refractivity contribution in [2.75, 3.05) is 19.6 Å². The van der Waals surface area contributed by atoms with Crippen LogP contribution in [0.25, 0.3) is 17.3 Å². The monoisotopic (exact) mass is 453 g/mol. The molecule has 0 spiro atoms. The maximum absolute atomic E-state index is 13.4. The van der Waals surface area contributed by atoms with Crippen molar-refractivity contribution in [1.29, 1.82) is 0 Å². The minimum absolute atomic E-state index is 0.0226. The van der Waals surface area contributed by atoms with Gasteiger partial charge in [0.15, 0.2) is 0 Å². The van der Waals surface area contributed by atoms with Crippen LogP contribution in [0.3, 0.4) is 0 Å². The van der Waals surface area contributed by atoms with Crippen LogP contribution in [0, 0.1) is 0 Å². The van der Waals surface area contributed by atoms with Gasteiger partial charge in [-0.25, -0.2) is 9.97 Å². The number of aromatic nitrogens is 3. The van der Waals surface area contributed by atoms with Crippen LogP contribution >= 0.6 is 11.6 Å². The maximum atomic E-state index is 13.4. The van der Waals surface area contributed by atoms with Gasteiger partial charge in [-0.1, -0.05) is 31.5 Å². The summed E-state index contributed by atoms with van der Waals surface area (Å²) in [7, 11) is 0. The Morgan fingerprint density at radius 1 is 1.22 bits per heavy atom. The minimum atomic E-state index is -0.0736. The van der Waals surface area contributed by atoms with E-state index in [1.807, 2.05) is 21.6 Å². The molecule has 2 aromatic heterocycles. The highest BCUT2D eigenvalue weighted by Gasteiger charge is 2.40. The number of hydrogen-bond donors (Lipinski definition) is 0. The summed E-state index contributed by atoms with van der Waals surface area (Å²) in [4.78, 5) is 26.9. The second kappa shape index (κ2) is 8.71. The second-order valence-electron chi connectivity index (χ2n) is 8.55. The molecule has 32 heavy (non-hydrogen) atoms. The van der Waals surface area contributed by atoms with Gasteiger partial charge in [0, 0.05) is 6.54 Å². The van der Waals surface area contributed by atoms with Crippen molar-refractivity contribution in [3.8, 4) is 17.3 Å². The largest absolute Gasteiger partial charge is 0.438 e.